The number of H-pyrrole nitrogens is 1. The van der Waals surface area contributed by atoms with Gasteiger partial charge in [-0.1, -0.05) is 23.7 Å². The summed E-state index contributed by atoms with van der Waals surface area (Å²) in [5.74, 6) is -0.0316. The number of hydrogen-bond acceptors (Lipinski definition) is 2. The lowest BCUT2D eigenvalue weighted by atomic mass is 10.0. The van der Waals surface area contributed by atoms with Gasteiger partial charge in [-0.15, -0.1) is 0 Å². The zero-order valence-electron chi connectivity index (χ0n) is 13.6. The molecule has 2 N–H and O–H groups in total. The molecule has 0 spiro atoms. The van der Waals surface area contributed by atoms with Crippen LogP contribution in [0.4, 0.5) is 0 Å². The molecule has 1 amide bonds. The van der Waals surface area contributed by atoms with Crippen LogP contribution in [-0.4, -0.2) is 20.7 Å². The third-order valence-electron chi connectivity index (χ3n) is 4.05. The number of hydrogen-bond donors (Lipinski definition) is 2. The normalized spacial score (nSPS) is 10.8. The standard InChI is InChI=1S/C18H19ClN4O/c1-12-16(10-17(24)20-11-15-4-3-9-23(15)2)18(22-21-12)13-5-7-14(19)8-6-13/h3-9H,10-11H2,1-2H3,(H,20,24)(H,21,22). The zero-order chi connectivity index (χ0) is 17.1. The highest BCUT2D eigenvalue weighted by Gasteiger charge is 2.15. The van der Waals surface area contributed by atoms with Crippen molar-refractivity contribution in [2.75, 3.05) is 0 Å². The van der Waals surface area contributed by atoms with E-state index in [2.05, 4.69) is 15.5 Å². The van der Waals surface area contributed by atoms with Crippen LogP contribution in [0, 0.1) is 6.92 Å². The van der Waals surface area contributed by atoms with Crippen molar-refractivity contribution in [1.29, 1.82) is 0 Å². The van der Waals surface area contributed by atoms with Gasteiger partial charge in [-0.3, -0.25) is 9.89 Å². The van der Waals surface area contributed by atoms with Gasteiger partial charge < -0.3 is 9.88 Å². The highest BCUT2D eigenvalue weighted by Crippen LogP contribution is 2.25. The number of nitrogens with zero attached hydrogens (tertiary/aromatic N) is 2. The van der Waals surface area contributed by atoms with Crippen molar-refractivity contribution in [2.24, 2.45) is 7.05 Å². The Morgan fingerprint density at radius 1 is 1.29 bits per heavy atom. The first kappa shape index (κ1) is 16.3. The molecule has 0 bridgehead atoms. The molecule has 5 nitrogen and oxygen atoms in total. The molecule has 0 unspecified atom stereocenters. The van der Waals surface area contributed by atoms with Gasteiger partial charge in [0.05, 0.1) is 18.7 Å². The van der Waals surface area contributed by atoms with Crippen LogP contribution < -0.4 is 5.32 Å². The molecular weight excluding hydrogens is 324 g/mol. The molecule has 1 aromatic carbocycles. The Morgan fingerprint density at radius 2 is 2.04 bits per heavy atom. The first-order chi connectivity index (χ1) is 11.5. The second kappa shape index (κ2) is 6.93. The maximum Gasteiger partial charge on any atom is 0.224 e. The average Bonchev–Trinajstić information content (AvgIpc) is 3.13. The van der Waals surface area contributed by atoms with Gasteiger partial charge in [0.2, 0.25) is 5.91 Å². The first-order valence-electron chi connectivity index (χ1n) is 7.71. The molecule has 24 heavy (non-hydrogen) atoms. The van der Waals surface area contributed by atoms with Crippen molar-refractivity contribution in [3.05, 3.63) is 64.6 Å². The van der Waals surface area contributed by atoms with E-state index in [1.54, 1.807) is 0 Å². The summed E-state index contributed by atoms with van der Waals surface area (Å²) in [7, 11) is 1.96. The summed E-state index contributed by atoms with van der Waals surface area (Å²) in [6.07, 6.45) is 2.24. The molecule has 124 valence electrons. The summed E-state index contributed by atoms with van der Waals surface area (Å²) in [5, 5.41) is 10.9. The molecule has 0 aliphatic carbocycles. The van der Waals surface area contributed by atoms with Gasteiger partial charge in [0, 0.05) is 40.8 Å². The fraction of sp³-hybridized carbons (Fsp3) is 0.222. The Kier molecular flexibility index (Phi) is 4.71. The van der Waals surface area contributed by atoms with E-state index in [4.69, 9.17) is 11.6 Å². The van der Waals surface area contributed by atoms with Gasteiger partial charge >= 0.3 is 0 Å². The van der Waals surface area contributed by atoms with Crippen LogP contribution in [0.5, 0.6) is 0 Å². The van der Waals surface area contributed by atoms with Crippen molar-refractivity contribution < 1.29 is 4.79 Å². The lowest BCUT2D eigenvalue weighted by Gasteiger charge is -2.08. The number of carbonyl (C=O) groups is 1. The number of aromatic nitrogens is 3. The Morgan fingerprint density at radius 3 is 2.71 bits per heavy atom. The highest BCUT2D eigenvalue weighted by atomic mass is 35.5. The van der Waals surface area contributed by atoms with E-state index in [9.17, 15) is 4.79 Å². The van der Waals surface area contributed by atoms with E-state index in [0.29, 0.717) is 11.6 Å². The Hall–Kier alpha value is -2.53. The van der Waals surface area contributed by atoms with Crippen LogP contribution >= 0.6 is 11.6 Å². The molecule has 0 atom stereocenters. The highest BCUT2D eigenvalue weighted by molar-refractivity contribution is 6.30. The number of benzene rings is 1. The summed E-state index contributed by atoms with van der Waals surface area (Å²) < 4.78 is 1.99. The van der Waals surface area contributed by atoms with Crippen molar-refractivity contribution in [3.8, 4) is 11.3 Å². The maximum atomic E-state index is 12.3. The van der Waals surface area contributed by atoms with Gasteiger partial charge in [0.1, 0.15) is 0 Å². The zero-order valence-corrected chi connectivity index (χ0v) is 14.4. The SMILES string of the molecule is Cc1[nH]nc(-c2ccc(Cl)cc2)c1CC(=O)NCc1cccn1C. The van der Waals surface area contributed by atoms with Gasteiger partial charge in [0.25, 0.3) is 0 Å². The van der Waals surface area contributed by atoms with Crippen molar-refractivity contribution in [3.63, 3.8) is 0 Å². The monoisotopic (exact) mass is 342 g/mol. The van der Waals surface area contributed by atoms with E-state index >= 15 is 0 Å². The van der Waals surface area contributed by atoms with Crippen LogP contribution in [0.3, 0.4) is 0 Å². The quantitative estimate of drug-likeness (QED) is 0.747. The van der Waals surface area contributed by atoms with E-state index in [-0.39, 0.29) is 12.3 Å². The first-order valence-corrected chi connectivity index (χ1v) is 8.09. The van der Waals surface area contributed by atoms with E-state index < -0.39 is 0 Å². The predicted molar refractivity (Wildman–Crippen MR) is 94.7 cm³/mol. The van der Waals surface area contributed by atoms with Crippen LogP contribution in [0.1, 0.15) is 17.0 Å². The number of rotatable bonds is 5. The summed E-state index contributed by atoms with van der Waals surface area (Å²) in [4.78, 5) is 12.3. The van der Waals surface area contributed by atoms with Gasteiger partial charge in [-0.25, -0.2) is 0 Å². The molecule has 0 saturated heterocycles. The number of halogens is 1. The summed E-state index contributed by atoms with van der Waals surface area (Å²) in [5.41, 5.74) is 4.59. The van der Waals surface area contributed by atoms with Crippen LogP contribution in [0.25, 0.3) is 11.3 Å². The molecule has 2 aromatic heterocycles. The van der Waals surface area contributed by atoms with E-state index in [0.717, 1.165) is 28.2 Å². The lowest BCUT2D eigenvalue weighted by Crippen LogP contribution is -2.25. The number of nitrogens with one attached hydrogen (secondary N) is 2. The minimum absolute atomic E-state index is 0.0316. The molecule has 0 aliphatic heterocycles. The van der Waals surface area contributed by atoms with Gasteiger partial charge in [-0.2, -0.15) is 5.10 Å². The Bertz CT molecular complexity index is 848. The van der Waals surface area contributed by atoms with Crippen molar-refractivity contribution >= 4 is 17.5 Å². The molecule has 0 radical (unpaired) electrons. The number of carbonyl (C=O) groups excluding carboxylic acids is 1. The van der Waals surface area contributed by atoms with Crippen molar-refractivity contribution in [1.82, 2.24) is 20.1 Å². The molecule has 6 heteroatoms. The van der Waals surface area contributed by atoms with Gasteiger partial charge in [0.15, 0.2) is 0 Å². The second-order valence-electron chi connectivity index (χ2n) is 5.75. The third-order valence-corrected chi connectivity index (χ3v) is 4.30. The van der Waals surface area contributed by atoms with Gasteiger partial charge in [-0.05, 0) is 31.2 Å². The van der Waals surface area contributed by atoms with Crippen LogP contribution in [0.15, 0.2) is 42.6 Å². The molecule has 3 aromatic rings. The fourth-order valence-corrected chi connectivity index (χ4v) is 2.73. The smallest absolute Gasteiger partial charge is 0.224 e. The van der Waals surface area contributed by atoms with Crippen LogP contribution in [0.2, 0.25) is 5.02 Å². The predicted octanol–water partition coefficient (Wildman–Crippen LogP) is 3.24. The maximum absolute atomic E-state index is 12.3. The number of aryl methyl sites for hydroxylation is 2. The molecule has 0 aliphatic rings. The largest absolute Gasteiger partial charge is 0.353 e. The third kappa shape index (κ3) is 3.51. The minimum Gasteiger partial charge on any atom is -0.353 e. The summed E-state index contributed by atoms with van der Waals surface area (Å²) in [6, 6.07) is 11.4. The number of aromatic amines is 1. The number of amides is 1. The Labute approximate surface area is 145 Å². The Balaban J connectivity index is 1.73. The fourth-order valence-electron chi connectivity index (χ4n) is 2.61. The molecule has 2 heterocycles. The van der Waals surface area contributed by atoms with Crippen LogP contribution in [-0.2, 0) is 24.8 Å². The van der Waals surface area contributed by atoms with Crippen molar-refractivity contribution in [2.45, 2.75) is 19.9 Å². The minimum atomic E-state index is -0.0316. The molecule has 0 saturated carbocycles. The topological polar surface area (TPSA) is 62.7 Å². The molecule has 0 fully saturated rings. The van der Waals surface area contributed by atoms with E-state index in [1.807, 2.05) is 61.1 Å². The lowest BCUT2D eigenvalue weighted by molar-refractivity contribution is -0.120. The molecule has 3 rings (SSSR count). The second-order valence-corrected chi connectivity index (χ2v) is 6.18. The summed E-state index contributed by atoms with van der Waals surface area (Å²) in [6.45, 7) is 2.43. The summed E-state index contributed by atoms with van der Waals surface area (Å²) >= 11 is 5.94. The van der Waals surface area contributed by atoms with E-state index in [1.165, 1.54) is 0 Å². The molecular formula is C18H19ClN4O. The average molecular weight is 343 g/mol.